The predicted octanol–water partition coefficient (Wildman–Crippen LogP) is 5.58. The summed E-state index contributed by atoms with van der Waals surface area (Å²) in [6.45, 7) is 7.37. The lowest BCUT2D eigenvalue weighted by atomic mass is 10.1. The Morgan fingerprint density at radius 2 is 1.67 bits per heavy atom. The van der Waals surface area contributed by atoms with Gasteiger partial charge in [0.15, 0.2) is 0 Å². The minimum absolute atomic E-state index is 0.593. The first-order valence-corrected chi connectivity index (χ1v) is 9.11. The summed E-state index contributed by atoms with van der Waals surface area (Å²) in [6, 6.07) is 11.3. The van der Waals surface area contributed by atoms with Gasteiger partial charge in [-0.3, -0.25) is 4.57 Å². The van der Waals surface area contributed by atoms with E-state index in [0.29, 0.717) is 10.8 Å². The Morgan fingerprint density at radius 3 is 2.29 bits per heavy atom. The molecule has 0 aliphatic heterocycles. The second-order valence-electron chi connectivity index (χ2n) is 5.23. The van der Waals surface area contributed by atoms with Crippen LogP contribution in [0.5, 0.6) is 5.75 Å². The normalized spacial score (nSPS) is 13.6. The van der Waals surface area contributed by atoms with Crippen molar-refractivity contribution in [1.29, 1.82) is 0 Å². The molecule has 0 aromatic heterocycles. The summed E-state index contributed by atoms with van der Waals surface area (Å²) < 4.78 is 18.5. The number of hydrogen-bond donors (Lipinski definition) is 1. The average molecular weight is 324 g/mol. The van der Waals surface area contributed by atoms with Gasteiger partial charge < -0.3 is 9.61 Å². The molecule has 0 radical (unpaired) electrons. The highest BCUT2D eigenvalue weighted by atomic mass is 35.5. The van der Waals surface area contributed by atoms with Crippen molar-refractivity contribution >= 4 is 24.8 Å². The van der Waals surface area contributed by atoms with Crippen LogP contribution in [-0.2, 0) is 4.57 Å². The van der Waals surface area contributed by atoms with Crippen molar-refractivity contribution in [3.8, 4) is 5.75 Å². The van der Waals surface area contributed by atoms with E-state index in [2.05, 4.69) is 5.09 Å². The van der Waals surface area contributed by atoms with Crippen molar-refractivity contribution in [2.75, 3.05) is 11.8 Å². The maximum atomic E-state index is 12.7. The van der Waals surface area contributed by atoms with Crippen LogP contribution in [0.15, 0.2) is 36.4 Å². The van der Waals surface area contributed by atoms with Crippen molar-refractivity contribution in [3.05, 3.63) is 58.1 Å². The fourth-order valence-electron chi connectivity index (χ4n) is 2.07. The molecule has 0 heterocycles. The van der Waals surface area contributed by atoms with E-state index in [1.54, 1.807) is 18.8 Å². The second-order valence-corrected chi connectivity index (χ2v) is 7.76. The minimum atomic E-state index is -3.05. The van der Waals surface area contributed by atoms with Gasteiger partial charge >= 0.3 is 7.52 Å². The molecule has 0 unspecified atom stereocenters. The summed E-state index contributed by atoms with van der Waals surface area (Å²) in [7, 11) is -3.05. The molecule has 0 bridgehead atoms. The fraction of sp³-hybridized carbons (Fsp3) is 0.250. The molecule has 2 aromatic rings. The zero-order chi connectivity index (χ0) is 15.6. The standard InChI is InChI=1S/C16H19ClNO2P/c1-11-8-9-14(17)10-15(11)18-21(4,19)20-16-12(2)6-5-7-13(16)3/h5-10H,1-4H3,(H,18,19)/t21-/m1/s1. The molecule has 0 aliphatic rings. The Bertz CT molecular complexity index is 695. The number of halogens is 1. The van der Waals surface area contributed by atoms with Crippen LogP contribution in [0.1, 0.15) is 16.7 Å². The molecule has 3 nitrogen and oxygen atoms in total. The number of anilines is 1. The Morgan fingerprint density at radius 1 is 1.05 bits per heavy atom. The summed E-state index contributed by atoms with van der Waals surface area (Å²) in [4.78, 5) is 0. The SMILES string of the molecule is Cc1ccc(Cl)cc1N[P@](C)(=O)Oc1c(C)cccc1C. The van der Waals surface area contributed by atoms with Gasteiger partial charge in [0.1, 0.15) is 5.75 Å². The summed E-state index contributed by atoms with van der Waals surface area (Å²) in [5, 5.41) is 3.57. The number of hydrogen-bond acceptors (Lipinski definition) is 2. The average Bonchev–Trinajstić information content (AvgIpc) is 2.38. The molecule has 0 amide bonds. The zero-order valence-electron chi connectivity index (χ0n) is 12.6. The van der Waals surface area contributed by atoms with Gasteiger partial charge in [0.25, 0.3) is 0 Å². The van der Waals surface area contributed by atoms with Gasteiger partial charge in [0.2, 0.25) is 0 Å². The third-order valence-corrected chi connectivity index (χ3v) is 4.61. The van der Waals surface area contributed by atoms with Crippen LogP contribution in [0.25, 0.3) is 0 Å². The van der Waals surface area contributed by atoms with E-state index < -0.39 is 7.52 Å². The number of aryl methyl sites for hydroxylation is 3. The van der Waals surface area contributed by atoms with Crippen LogP contribution < -0.4 is 9.61 Å². The quantitative estimate of drug-likeness (QED) is 0.746. The smallest absolute Gasteiger partial charge is 0.338 e. The van der Waals surface area contributed by atoms with E-state index in [-0.39, 0.29) is 0 Å². The largest absolute Gasteiger partial charge is 0.429 e. The van der Waals surface area contributed by atoms with Crippen LogP contribution >= 0.6 is 19.1 Å². The Kier molecular flexibility index (Phi) is 4.65. The van der Waals surface area contributed by atoms with E-state index >= 15 is 0 Å². The molecule has 1 atom stereocenters. The predicted molar refractivity (Wildman–Crippen MR) is 89.9 cm³/mol. The van der Waals surface area contributed by atoms with E-state index in [4.69, 9.17) is 16.1 Å². The second kappa shape index (κ2) is 6.13. The van der Waals surface area contributed by atoms with Gasteiger partial charge in [0, 0.05) is 17.4 Å². The first-order chi connectivity index (χ1) is 9.78. The summed E-state index contributed by atoms with van der Waals surface area (Å²) in [6.07, 6.45) is 0. The first-order valence-electron chi connectivity index (χ1n) is 6.66. The number of nitrogens with one attached hydrogen (secondary N) is 1. The highest BCUT2D eigenvalue weighted by Crippen LogP contribution is 2.46. The molecule has 2 aromatic carbocycles. The highest BCUT2D eigenvalue weighted by Gasteiger charge is 2.20. The third kappa shape index (κ3) is 4.03. The summed E-state index contributed by atoms with van der Waals surface area (Å²) in [5.74, 6) is 0.663. The fourth-order valence-corrected chi connectivity index (χ4v) is 3.61. The molecule has 0 saturated carbocycles. The lowest BCUT2D eigenvalue weighted by Crippen LogP contribution is -2.05. The Balaban J connectivity index is 2.27. The number of para-hydroxylation sites is 1. The van der Waals surface area contributed by atoms with Crippen LogP contribution in [0.2, 0.25) is 5.02 Å². The van der Waals surface area contributed by atoms with Crippen molar-refractivity contribution < 1.29 is 9.09 Å². The van der Waals surface area contributed by atoms with Gasteiger partial charge in [-0.05, 0) is 49.6 Å². The van der Waals surface area contributed by atoms with Crippen LogP contribution in [0.4, 0.5) is 5.69 Å². The van der Waals surface area contributed by atoms with Gasteiger partial charge in [-0.25, -0.2) is 0 Å². The third-order valence-electron chi connectivity index (χ3n) is 3.20. The molecule has 0 spiro atoms. The van der Waals surface area contributed by atoms with Gasteiger partial charge in [-0.15, -0.1) is 0 Å². The topological polar surface area (TPSA) is 38.3 Å². The van der Waals surface area contributed by atoms with Gasteiger partial charge in [-0.1, -0.05) is 35.9 Å². The van der Waals surface area contributed by atoms with E-state index in [9.17, 15) is 4.57 Å². The molecular formula is C16H19ClNO2P. The van der Waals surface area contributed by atoms with Crippen molar-refractivity contribution in [2.45, 2.75) is 20.8 Å². The van der Waals surface area contributed by atoms with Crippen molar-refractivity contribution in [3.63, 3.8) is 0 Å². The molecule has 0 fully saturated rings. The van der Waals surface area contributed by atoms with Gasteiger partial charge in [0.05, 0.1) is 0 Å². The molecule has 0 saturated heterocycles. The highest BCUT2D eigenvalue weighted by molar-refractivity contribution is 7.60. The van der Waals surface area contributed by atoms with E-state index in [0.717, 1.165) is 22.4 Å². The zero-order valence-corrected chi connectivity index (χ0v) is 14.3. The molecule has 5 heteroatoms. The Labute approximate surface area is 130 Å². The molecular weight excluding hydrogens is 305 g/mol. The van der Waals surface area contributed by atoms with Crippen molar-refractivity contribution in [1.82, 2.24) is 0 Å². The molecule has 21 heavy (non-hydrogen) atoms. The Hall–Kier alpha value is -1.44. The lowest BCUT2D eigenvalue weighted by molar-refractivity contribution is 0.490. The monoisotopic (exact) mass is 323 g/mol. The van der Waals surface area contributed by atoms with Crippen molar-refractivity contribution in [2.24, 2.45) is 0 Å². The summed E-state index contributed by atoms with van der Waals surface area (Å²) >= 11 is 5.99. The van der Waals surface area contributed by atoms with E-state index in [1.807, 2.05) is 45.0 Å². The van der Waals surface area contributed by atoms with E-state index in [1.165, 1.54) is 0 Å². The molecule has 112 valence electrons. The summed E-state index contributed by atoms with van der Waals surface area (Å²) in [5.41, 5.74) is 3.61. The first kappa shape index (κ1) is 15.9. The molecule has 0 aliphatic carbocycles. The van der Waals surface area contributed by atoms with Crippen LogP contribution in [0.3, 0.4) is 0 Å². The lowest BCUT2D eigenvalue weighted by Gasteiger charge is -2.21. The molecule has 2 rings (SSSR count). The van der Waals surface area contributed by atoms with Crippen LogP contribution in [-0.4, -0.2) is 6.66 Å². The van der Waals surface area contributed by atoms with Crippen LogP contribution in [0, 0.1) is 20.8 Å². The number of benzene rings is 2. The minimum Gasteiger partial charge on any atom is -0.429 e. The molecule has 1 N–H and O–H groups in total. The van der Waals surface area contributed by atoms with Gasteiger partial charge in [-0.2, -0.15) is 0 Å². The maximum absolute atomic E-state index is 12.7. The maximum Gasteiger partial charge on any atom is 0.338 e. The number of rotatable bonds is 4.